The van der Waals surface area contributed by atoms with E-state index in [2.05, 4.69) is 27.6 Å². The number of hydrogen-bond donors (Lipinski definition) is 1. The van der Waals surface area contributed by atoms with Crippen LogP contribution in [0.15, 0.2) is 50.7 Å². The van der Waals surface area contributed by atoms with Gasteiger partial charge in [0.25, 0.3) is 15.9 Å². The third kappa shape index (κ3) is 5.13. The summed E-state index contributed by atoms with van der Waals surface area (Å²) in [5.74, 6) is -0.286. The first kappa shape index (κ1) is 22.1. The number of rotatable bonds is 5. The molecule has 156 valence electrons. The molecule has 0 radical (unpaired) electrons. The summed E-state index contributed by atoms with van der Waals surface area (Å²) < 4.78 is 42.5. The second-order valence-electron chi connectivity index (χ2n) is 7.07. The number of thioether (sulfide) groups is 1. The fourth-order valence-electron chi connectivity index (χ4n) is 3.18. The molecule has 29 heavy (non-hydrogen) atoms. The fraction of sp³-hybridized carbons (Fsp3) is 0.350. The number of amides is 1. The van der Waals surface area contributed by atoms with Crippen molar-refractivity contribution in [1.82, 2.24) is 4.90 Å². The van der Waals surface area contributed by atoms with Crippen LogP contribution in [-0.4, -0.2) is 38.6 Å². The lowest BCUT2D eigenvalue weighted by molar-refractivity contribution is 0.0693. The smallest absolute Gasteiger partial charge is 0.262 e. The molecule has 0 saturated carbocycles. The quantitative estimate of drug-likeness (QED) is 0.587. The first-order valence-electron chi connectivity index (χ1n) is 9.16. The predicted molar refractivity (Wildman–Crippen MR) is 117 cm³/mol. The predicted octanol–water partition coefficient (Wildman–Crippen LogP) is 4.98. The molecule has 1 heterocycles. The summed E-state index contributed by atoms with van der Waals surface area (Å²) in [6.07, 6.45) is 3.71. The van der Waals surface area contributed by atoms with Gasteiger partial charge in [-0.05, 0) is 61.4 Å². The summed E-state index contributed by atoms with van der Waals surface area (Å²) in [4.78, 5) is 15.5. The Morgan fingerprint density at radius 1 is 1.21 bits per heavy atom. The van der Waals surface area contributed by atoms with Gasteiger partial charge in [-0.3, -0.25) is 9.52 Å². The highest BCUT2D eigenvalue weighted by atomic mass is 79.9. The van der Waals surface area contributed by atoms with Gasteiger partial charge in [0.1, 0.15) is 5.82 Å². The van der Waals surface area contributed by atoms with Crippen LogP contribution in [0.1, 0.15) is 30.1 Å². The Bertz CT molecular complexity index is 1020. The second kappa shape index (κ2) is 9.06. The van der Waals surface area contributed by atoms with Crippen molar-refractivity contribution < 1.29 is 17.6 Å². The standard InChI is InChI=1S/C20H22BrFN2O3S2/c1-13-7-9-24(10-8-13)20(25)16-12-15(4-6-19(16)28-2)29(26,27)23-18-5-3-14(21)11-17(18)22/h3-6,11-13,23H,7-10H2,1-2H3. The van der Waals surface area contributed by atoms with Crippen LogP contribution in [0.3, 0.4) is 0 Å². The Labute approximate surface area is 183 Å². The van der Waals surface area contributed by atoms with Crippen LogP contribution in [0, 0.1) is 11.7 Å². The van der Waals surface area contributed by atoms with Crippen LogP contribution in [0.5, 0.6) is 0 Å². The van der Waals surface area contributed by atoms with E-state index in [1.165, 1.54) is 36.0 Å². The van der Waals surface area contributed by atoms with Crippen LogP contribution in [-0.2, 0) is 10.0 Å². The molecule has 3 rings (SSSR count). The zero-order valence-electron chi connectivity index (χ0n) is 16.1. The highest BCUT2D eigenvalue weighted by Gasteiger charge is 2.25. The summed E-state index contributed by atoms with van der Waals surface area (Å²) in [7, 11) is -4.05. The van der Waals surface area contributed by atoms with E-state index in [1.807, 2.05) is 6.26 Å². The first-order chi connectivity index (χ1) is 13.7. The average Bonchev–Trinajstić information content (AvgIpc) is 2.69. The number of piperidine rings is 1. The molecule has 0 bridgehead atoms. The monoisotopic (exact) mass is 500 g/mol. The van der Waals surface area contributed by atoms with Crippen molar-refractivity contribution >= 4 is 49.3 Å². The molecule has 1 aliphatic heterocycles. The largest absolute Gasteiger partial charge is 0.339 e. The molecule has 1 N–H and O–H groups in total. The number of hydrogen-bond acceptors (Lipinski definition) is 4. The molecule has 1 aliphatic rings. The maximum atomic E-state index is 14.1. The molecule has 1 saturated heterocycles. The van der Waals surface area contributed by atoms with Crippen molar-refractivity contribution in [3.8, 4) is 0 Å². The van der Waals surface area contributed by atoms with Crippen molar-refractivity contribution in [1.29, 1.82) is 0 Å². The number of likely N-dealkylation sites (tertiary alicyclic amines) is 1. The van der Waals surface area contributed by atoms with Gasteiger partial charge >= 0.3 is 0 Å². The first-order valence-corrected chi connectivity index (χ1v) is 12.7. The summed E-state index contributed by atoms with van der Waals surface area (Å²) in [5.41, 5.74) is 0.200. The third-order valence-electron chi connectivity index (χ3n) is 4.96. The van der Waals surface area contributed by atoms with Gasteiger partial charge in [0.05, 0.1) is 16.1 Å². The summed E-state index contributed by atoms with van der Waals surface area (Å²) in [5, 5.41) is 0. The van der Waals surface area contributed by atoms with Crippen LogP contribution < -0.4 is 4.72 Å². The van der Waals surface area contributed by atoms with Crippen LogP contribution in [0.2, 0.25) is 0 Å². The van der Waals surface area contributed by atoms with Crippen molar-refractivity contribution in [2.75, 3.05) is 24.1 Å². The molecular weight excluding hydrogens is 479 g/mol. The number of nitrogens with zero attached hydrogens (tertiary/aromatic N) is 1. The summed E-state index contributed by atoms with van der Waals surface area (Å²) in [6, 6.07) is 8.50. The number of benzene rings is 2. The van der Waals surface area contributed by atoms with E-state index in [9.17, 15) is 17.6 Å². The molecule has 1 fully saturated rings. The van der Waals surface area contributed by atoms with E-state index < -0.39 is 15.8 Å². The van der Waals surface area contributed by atoms with Crippen molar-refractivity contribution in [3.63, 3.8) is 0 Å². The molecule has 0 unspecified atom stereocenters. The molecule has 5 nitrogen and oxygen atoms in total. The van der Waals surface area contributed by atoms with Gasteiger partial charge in [0.15, 0.2) is 0 Å². The Kier molecular flexibility index (Phi) is 6.90. The van der Waals surface area contributed by atoms with E-state index in [-0.39, 0.29) is 16.5 Å². The van der Waals surface area contributed by atoms with E-state index in [0.29, 0.717) is 33.9 Å². The fourth-order valence-corrected chi connectivity index (χ4v) is 5.18. The zero-order valence-corrected chi connectivity index (χ0v) is 19.3. The van der Waals surface area contributed by atoms with Gasteiger partial charge in [-0.2, -0.15) is 0 Å². The van der Waals surface area contributed by atoms with Gasteiger partial charge < -0.3 is 4.90 Å². The Balaban J connectivity index is 1.91. The maximum Gasteiger partial charge on any atom is 0.262 e. The van der Waals surface area contributed by atoms with Crippen molar-refractivity contribution in [3.05, 3.63) is 52.3 Å². The molecule has 2 aromatic carbocycles. The lowest BCUT2D eigenvalue weighted by Gasteiger charge is -2.30. The number of anilines is 1. The third-order valence-corrected chi connectivity index (χ3v) is 7.61. The number of sulfonamides is 1. The van der Waals surface area contributed by atoms with E-state index in [0.717, 1.165) is 12.8 Å². The van der Waals surface area contributed by atoms with Gasteiger partial charge in [-0.25, -0.2) is 12.8 Å². The second-order valence-corrected chi connectivity index (χ2v) is 10.5. The number of nitrogens with one attached hydrogen (secondary N) is 1. The Hall–Kier alpha value is -1.58. The van der Waals surface area contributed by atoms with Gasteiger partial charge in [-0.1, -0.05) is 22.9 Å². The summed E-state index contributed by atoms with van der Waals surface area (Å²) >= 11 is 4.53. The minimum Gasteiger partial charge on any atom is -0.339 e. The van der Waals surface area contributed by atoms with Crippen molar-refractivity contribution in [2.45, 2.75) is 29.6 Å². The molecule has 0 aliphatic carbocycles. The number of carbonyl (C=O) groups excluding carboxylic acids is 1. The maximum absolute atomic E-state index is 14.1. The molecule has 0 spiro atoms. The van der Waals surface area contributed by atoms with Gasteiger partial charge in [-0.15, -0.1) is 11.8 Å². The highest BCUT2D eigenvalue weighted by molar-refractivity contribution is 9.10. The van der Waals surface area contributed by atoms with E-state index >= 15 is 0 Å². The topological polar surface area (TPSA) is 66.5 Å². The summed E-state index contributed by atoms with van der Waals surface area (Å²) in [6.45, 7) is 3.48. The number of carbonyl (C=O) groups is 1. The van der Waals surface area contributed by atoms with Crippen molar-refractivity contribution in [2.24, 2.45) is 5.92 Å². The minimum atomic E-state index is -4.05. The normalized spacial score (nSPS) is 15.4. The van der Waals surface area contributed by atoms with Crippen LogP contribution in [0.4, 0.5) is 10.1 Å². The zero-order chi connectivity index (χ0) is 21.2. The van der Waals surface area contributed by atoms with Crippen LogP contribution in [0.25, 0.3) is 0 Å². The SMILES string of the molecule is CSc1ccc(S(=O)(=O)Nc2ccc(Br)cc2F)cc1C(=O)N1CCC(C)CC1. The lowest BCUT2D eigenvalue weighted by atomic mass is 9.98. The molecule has 0 atom stereocenters. The molecule has 9 heteroatoms. The minimum absolute atomic E-state index is 0.0775. The highest BCUT2D eigenvalue weighted by Crippen LogP contribution is 2.28. The Morgan fingerprint density at radius 2 is 1.90 bits per heavy atom. The van der Waals surface area contributed by atoms with Crippen LogP contribution >= 0.6 is 27.7 Å². The number of halogens is 2. The molecule has 1 amide bonds. The molecule has 2 aromatic rings. The average molecular weight is 501 g/mol. The van der Waals surface area contributed by atoms with Gasteiger partial charge in [0, 0.05) is 22.5 Å². The Morgan fingerprint density at radius 3 is 2.52 bits per heavy atom. The van der Waals surface area contributed by atoms with E-state index in [1.54, 1.807) is 17.0 Å². The van der Waals surface area contributed by atoms with Gasteiger partial charge in [0.2, 0.25) is 0 Å². The lowest BCUT2D eigenvalue weighted by Crippen LogP contribution is -2.38. The molecule has 0 aromatic heterocycles. The molecular formula is C20H22BrFN2O3S2. The van der Waals surface area contributed by atoms with E-state index in [4.69, 9.17) is 0 Å².